The Balaban J connectivity index is 2.10. The van der Waals surface area contributed by atoms with Gasteiger partial charge in [0.25, 0.3) is 0 Å². The monoisotopic (exact) mass is 318 g/mol. The third kappa shape index (κ3) is 3.89. The number of benzene rings is 2. The molecule has 3 nitrogen and oxygen atoms in total. The van der Waals surface area contributed by atoms with E-state index in [4.69, 9.17) is 4.74 Å². The van der Waals surface area contributed by atoms with Crippen molar-refractivity contribution in [1.29, 1.82) is 0 Å². The lowest BCUT2D eigenvalue weighted by molar-refractivity contribution is 0.301. The van der Waals surface area contributed by atoms with Gasteiger partial charge in [-0.2, -0.15) is 0 Å². The highest BCUT2D eigenvalue weighted by molar-refractivity contribution is 7.91. The third-order valence-corrected chi connectivity index (χ3v) is 5.35. The molecule has 0 N–H and O–H groups in total. The second kappa shape index (κ2) is 6.97. The first-order valence-electron chi connectivity index (χ1n) is 7.47. The zero-order valence-electron chi connectivity index (χ0n) is 13.2. The predicted molar refractivity (Wildman–Crippen MR) is 89.0 cm³/mol. The van der Waals surface area contributed by atoms with Crippen LogP contribution in [0.15, 0.2) is 53.4 Å². The van der Waals surface area contributed by atoms with Crippen LogP contribution in [0, 0.1) is 0 Å². The summed E-state index contributed by atoms with van der Waals surface area (Å²) in [7, 11) is -3.14. The van der Waals surface area contributed by atoms with Crippen molar-refractivity contribution in [2.75, 3.05) is 5.75 Å². The van der Waals surface area contributed by atoms with E-state index in [9.17, 15) is 8.42 Å². The molecule has 0 amide bonds. The fourth-order valence-corrected chi connectivity index (χ4v) is 3.09. The van der Waals surface area contributed by atoms with Crippen LogP contribution in [0.2, 0.25) is 0 Å². The highest BCUT2D eigenvalue weighted by Gasteiger charge is 2.11. The van der Waals surface area contributed by atoms with Crippen LogP contribution in [-0.2, 0) is 16.4 Å². The van der Waals surface area contributed by atoms with Gasteiger partial charge in [0, 0.05) is 0 Å². The Bertz CT molecular complexity index is 716. The van der Waals surface area contributed by atoms with Gasteiger partial charge in [-0.25, -0.2) is 8.42 Å². The molecule has 0 spiro atoms. The minimum Gasteiger partial charge on any atom is -0.489 e. The molecular weight excluding hydrogens is 296 g/mol. The topological polar surface area (TPSA) is 43.4 Å². The van der Waals surface area contributed by atoms with Gasteiger partial charge in [0.15, 0.2) is 9.84 Å². The van der Waals surface area contributed by atoms with Crippen molar-refractivity contribution in [3.63, 3.8) is 0 Å². The van der Waals surface area contributed by atoms with Gasteiger partial charge in [0.2, 0.25) is 0 Å². The lowest BCUT2D eigenvalue weighted by Gasteiger charge is -2.14. The average Bonchev–Trinajstić information content (AvgIpc) is 2.53. The molecule has 0 unspecified atom stereocenters. The molecule has 0 aliphatic rings. The first kappa shape index (κ1) is 16.6. The molecule has 0 saturated carbocycles. The van der Waals surface area contributed by atoms with Crippen molar-refractivity contribution in [2.45, 2.75) is 38.2 Å². The highest BCUT2D eigenvalue weighted by Crippen LogP contribution is 2.26. The van der Waals surface area contributed by atoms with Crippen LogP contribution in [0.3, 0.4) is 0 Å². The molecule has 0 radical (unpaired) electrons. The van der Waals surface area contributed by atoms with Crippen molar-refractivity contribution >= 4 is 9.84 Å². The van der Waals surface area contributed by atoms with E-state index in [2.05, 4.69) is 19.9 Å². The quantitative estimate of drug-likeness (QED) is 0.802. The van der Waals surface area contributed by atoms with E-state index in [0.29, 0.717) is 17.4 Å². The Hall–Kier alpha value is -1.81. The summed E-state index contributed by atoms with van der Waals surface area (Å²) in [5.41, 5.74) is 2.13. The Morgan fingerprint density at radius 2 is 1.64 bits per heavy atom. The maximum atomic E-state index is 11.8. The molecule has 118 valence electrons. The summed E-state index contributed by atoms with van der Waals surface area (Å²) in [4.78, 5) is 0.362. The summed E-state index contributed by atoms with van der Waals surface area (Å²) in [6, 6.07) is 14.9. The molecule has 0 aliphatic carbocycles. The van der Waals surface area contributed by atoms with Crippen LogP contribution in [0.4, 0.5) is 0 Å². The van der Waals surface area contributed by atoms with E-state index in [-0.39, 0.29) is 5.75 Å². The van der Waals surface area contributed by atoms with Gasteiger partial charge in [-0.05, 0) is 35.2 Å². The fraction of sp³-hybridized carbons (Fsp3) is 0.333. The first-order chi connectivity index (χ1) is 10.4. The number of ether oxygens (including phenoxy) is 1. The summed E-state index contributed by atoms with van der Waals surface area (Å²) in [6.45, 7) is 6.34. The minimum absolute atomic E-state index is 0.116. The van der Waals surface area contributed by atoms with E-state index in [1.807, 2.05) is 18.2 Å². The van der Waals surface area contributed by atoms with Gasteiger partial charge in [-0.15, -0.1) is 0 Å². The second-order valence-corrected chi connectivity index (χ2v) is 7.81. The lowest BCUT2D eigenvalue weighted by Crippen LogP contribution is -2.04. The summed E-state index contributed by atoms with van der Waals surface area (Å²) in [5, 5.41) is 0. The van der Waals surface area contributed by atoms with Crippen molar-refractivity contribution < 1.29 is 13.2 Å². The second-order valence-electron chi connectivity index (χ2n) is 5.53. The summed E-state index contributed by atoms with van der Waals surface area (Å²) in [5.74, 6) is 1.39. The molecule has 2 aromatic rings. The third-order valence-electron chi connectivity index (χ3n) is 3.60. The number of para-hydroxylation sites is 1. The van der Waals surface area contributed by atoms with Gasteiger partial charge in [0.05, 0.1) is 10.6 Å². The van der Waals surface area contributed by atoms with Crippen LogP contribution in [-0.4, -0.2) is 14.2 Å². The summed E-state index contributed by atoms with van der Waals surface area (Å²) >= 11 is 0. The molecule has 0 saturated heterocycles. The molecule has 0 atom stereocenters. The average molecular weight is 318 g/mol. The van der Waals surface area contributed by atoms with Gasteiger partial charge < -0.3 is 4.74 Å². The van der Waals surface area contributed by atoms with Crippen LogP contribution >= 0.6 is 0 Å². The highest BCUT2D eigenvalue weighted by atomic mass is 32.2. The van der Waals surface area contributed by atoms with Crippen molar-refractivity contribution in [2.24, 2.45) is 0 Å². The molecule has 2 aromatic carbocycles. The molecule has 2 rings (SSSR count). The Morgan fingerprint density at radius 1 is 1.00 bits per heavy atom. The zero-order valence-corrected chi connectivity index (χ0v) is 14.1. The van der Waals surface area contributed by atoms with E-state index >= 15 is 0 Å². The molecule has 0 aliphatic heterocycles. The molecule has 22 heavy (non-hydrogen) atoms. The molecule has 0 bridgehead atoms. The van der Waals surface area contributed by atoms with Gasteiger partial charge >= 0.3 is 0 Å². The Labute approximate surface area is 132 Å². The largest absolute Gasteiger partial charge is 0.489 e. The number of hydrogen-bond donors (Lipinski definition) is 0. The lowest BCUT2D eigenvalue weighted by atomic mass is 10.0. The predicted octanol–water partition coefficient (Wildman–Crippen LogP) is 4.18. The normalized spacial score (nSPS) is 11.6. The molecular formula is C18H22O3S. The van der Waals surface area contributed by atoms with E-state index in [1.165, 1.54) is 5.56 Å². The molecule has 0 heterocycles. The smallest absolute Gasteiger partial charge is 0.178 e. The van der Waals surface area contributed by atoms with E-state index in [1.54, 1.807) is 31.2 Å². The number of sulfone groups is 1. The molecule has 0 aromatic heterocycles. The van der Waals surface area contributed by atoms with E-state index in [0.717, 1.165) is 11.3 Å². The van der Waals surface area contributed by atoms with Gasteiger partial charge in [0.1, 0.15) is 12.4 Å². The van der Waals surface area contributed by atoms with Crippen LogP contribution in [0.1, 0.15) is 37.8 Å². The summed E-state index contributed by atoms with van der Waals surface area (Å²) in [6.07, 6.45) is 0. The standard InChI is InChI=1S/C18H22O3S/c1-4-22(19,20)16-11-9-15(10-12-16)13-21-18-8-6-5-7-17(18)14(2)3/h5-12,14H,4,13H2,1-3H3. The molecule has 0 fully saturated rings. The molecule has 4 heteroatoms. The number of hydrogen-bond acceptors (Lipinski definition) is 3. The Morgan fingerprint density at radius 3 is 2.23 bits per heavy atom. The SMILES string of the molecule is CCS(=O)(=O)c1ccc(COc2ccccc2C(C)C)cc1. The van der Waals surface area contributed by atoms with E-state index < -0.39 is 9.84 Å². The van der Waals surface area contributed by atoms with Crippen LogP contribution in [0.25, 0.3) is 0 Å². The zero-order chi connectivity index (χ0) is 16.2. The first-order valence-corrected chi connectivity index (χ1v) is 9.12. The number of rotatable bonds is 6. The van der Waals surface area contributed by atoms with Gasteiger partial charge in [-0.1, -0.05) is 51.1 Å². The van der Waals surface area contributed by atoms with Crippen molar-refractivity contribution in [3.8, 4) is 5.75 Å². The van der Waals surface area contributed by atoms with Gasteiger partial charge in [-0.3, -0.25) is 0 Å². The maximum Gasteiger partial charge on any atom is 0.178 e. The Kier molecular flexibility index (Phi) is 5.24. The maximum absolute atomic E-state index is 11.8. The minimum atomic E-state index is -3.14. The summed E-state index contributed by atoms with van der Waals surface area (Å²) < 4.78 is 29.4. The van der Waals surface area contributed by atoms with Crippen LogP contribution < -0.4 is 4.74 Å². The van der Waals surface area contributed by atoms with Crippen molar-refractivity contribution in [3.05, 3.63) is 59.7 Å². The fourth-order valence-electron chi connectivity index (χ4n) is 2.21. The van der Waals surface area contributed by atoms with Crippen LogP contribution in [0.5, 0.6) is 5.75 Å². The van der Waals surface area contributed by atoms with Crippen molar-refractivity contribution in [1.82, 2.24) is 0 Å².